The number of carbonyl (C=O) groups is 1. The number of methoxy groups -OCH3 is 1. The van der Waals surface area contributed by atoms with Crippen LogP contribution in [0.5, 0.6) is 5.75 Å². The second-order valence-corrected chi connectivity index (χ2v) is 6.71. The van der Waals surface area contributed by atoms with Crippen LogP contribution < -0.4 is 10.1 Å². The van der Waals surface area contributed by atoms with Crippen LogP contribution >= 0.6 is 0 Å². The minimum absolute atomic E-state index is 0.0289. The van der Waals surface area contributed by atoms with Crippen LogP contribution in [0.3, 0.4) is 0 Å². The molecule has 1 amide bonds. The van der Waals surface area contributed by atoms with E-state index in [1.165, 1.54) is 12.8 Å². The highest BCUT2D eigenvalue weighted by molar-refractivity contribution is 5.97. The Morgan fingerprint density at radius 1 is 1.17 bits per heavy atom. The number of ether oxygens (including phenoxy) is 2. The summed E-state index contributed by atoms with van der Waals surface area (Å²) in [5.74, 6) is 0.827. The Hall–Kier alpha value is -1.55. The van der Waals surface area contributed by atoms with Gasteiger partial charge in [-0.05, 0) is 57.4 Å². The summed E-state index contributed by atoms with van der Waals surface area (Å²) < 4.78 is 11.4. The number of benzene rings is 1. The number of aryl methyl sites for hydroxylation is 1. The molecular weight excluding hydrogens is 290 g/mol. The summed E-state index contributed by atoms with van der Waals surface area (Å²) in [7, 11) is 1.65. The molecule has 0 aliphatic heterocycles. The molecule has 1 aliphatic carbocycles. The van der Waals surface area contributed by atoms with Crippen molar-refractivity contribution in [1.29, 1.82) is 0 Å². The van der Waals surface area contributed by atoms with Crippen molar-refractivity contribution in [1.82, 2.24) is 0 Å². The average molecular weight is 319 g/mol. The van der Waals surface area contributed by atoms with Crippen molar-refractivity contribution in [3.63, 3.8) is 0 Å². The molecule has 2 rings (SSSR count). The van der Waals surface area contributed by atoms with Gasteiger partial charge in [-0.3, -0.25) is 4.79 Å². The van der Waals surface area contributed by atoms with Gasteiger partial charge < -0.3 is 14.8 Å². The van der Waals surface area contributed by atoms with Gasteiger partial charge in [0.05, 0.1) is 6.10 Å². The Balaban J connectivity index is 2.11. The minimum atomic E-state index is -0.683. The average Bonchev–Trinajstić information content (AvgIpc) is 2.76. The topological polar surface area (TPSA) is 47.6 Å². The molecule has 0 bridgehead atoms. The van der Waals surface area contributed by atoms with Crippen molar-refractivity contribution in [2.45, 2.75) is 71.0 Å². The fraction of sp³-hybridized carbons (Fsp3) is 0.632. The second kappa shape index (κ2) is 7.82. The minimum Gasteiger partial charge on any atom is -0.491 e. The van der Waals surface area contributed by atoms with Crippen LogP contribution in [0.15, 0.2) is 18.2 Å². The van der Waals surface area contributed by atoms with E-state index < -0.39 is 5.60 Å². The number of carbonyl (C=O) groups excluding carboxylic acids is 1. The van der Waals surface area contributed by atoms with Gasteiger partial charge in [-0.25, -0.2) is 0 Å². The first kappa shape index (κ1) is 17.8. The predicted octanol–water partition coefficient (Wildman–Crippen LogP) is 4.46. The van der Waals surface area contributed by atoms with E-state index in [1.807, 2.05) is 39.0 Å². The van der Waals surface area contributed by atoms with Crippen LogP contribution in [0, 0.1) is 6.92 Å². The van der Waals surface area contributed by atoms with Gasteiger partial charge in [-0.2, -0.15) is 0 Å². The molecule has 1 aromatic carbocycles. The van der Waals surface area contributed by atoms with Crippen LogP contribution in [-0.4, -0.2) is 24.7 Å². The largest absolute Gasteiger partial charge is 0.491 e. The standard InChI is InChI=1S/C19H29NO3/c1-14(2)23-17-10-9-16(13-15(17)3)20-18(21)19(22-4)11-7-5-6-8-12-19/h9-10,13-14H,5-8,11-12H2,1-4H3,(H,20,21). The first-order valence-electron chi connectivity index (χ1n) is 8.61. The Morgan fingerprint density at radius 2 is 1.83 bits per heavy atom. The number of rotatable bonds is 5. The molecule has 23 heavy (non-hydrogen) atoms. The lowest BCUT2D eigenvalue weighted by atomic mass is 9.93. The van der Waals surface area contributed by atoms with Gasteiger partial charge in [-0.15, -0.1) is 0 Å². The molecular formula is C19H29NO3. The summed E-state index contributed by atoms with van der Waals surface area (Å²) in [6, 6.07) is 5.76. The highest BCUT2D eigenvalue weighted by Crippen LogP contribution is 2.32. The molecule has 0 spiro atoms. The van der Waals surface area contributed by atoms with E-state index >= 15 is 0 Å². The molecule has 0 heterocycles. The van der Waals surface area contributed by atoms with E-state index in [1.54, 1.807) is 7.11 Å². The summed E-state index contributed by atoms with van der Waals surface area (Å²) in [5.41, 5.74) is 1.13. The van der Waals surface area contributed by atoms with Crippen molar-refractivity contribution >= 4 is 11.6 Å². The number of hydrogen-bond donors (Lipinski definition) is 1. The van der Waals surface area contributed by atoms with Gasteiger partial charge in [0.1, 0.15) is 11.4 Å². The summed E-state index contributed by atoms with van der Waals surface area (Å²) in [6.07, 6.45) is 6.17. The highest BCUT2D eigenvalue weighted by Gasteiger charge is 2.38. The maximum Gasteiger partial charge on any atom is 0.256 e. The Morgan fingerprint density at radius 3 is 2.35 bits per heavy atom. The zero-order valence-corrected chi connectivity index (χ0v) is 14.8. The first-order valence-corrected chi connectivity index (χ1v) is 8.61. The van der Waals surface area contributed by atoms with Crippen LogP contribution in [0.4, 0.5) is 5.69 Å². The monoisotopic (exact) mass is 319 g/mol. The number of nitrogens with one attached hydrogen (secondary N) is 1. The normalized spacial score (nSPS) is 17.6. The third-order valence-electron chi connectivity index (χ3n) is 4.51. The van der Waals surface area contributed by atoms with Gasteiger partial charge in [0.25, 0.3) is 5.91 Å². The van der Waals surface area contributed by atoms with Crippen LogP contribution in [-0.2, 0) is 9.53 Å². The lowest BCUT2D eigenvalue weighted by molar-refractivity contribution is -0.139. The SMILES string of the molecule is COC1(C(=O)Nc2ccc(OC(C)C)c(C)c2)CCCCCC1. The Labute approximate surface area is 139 Å². The van der Waals surface area contributed by atoms with Crippen molar-refractivity contribution in [3.05, 3.63) is 23.8 Å². The second-order valence-electron chi connectivity index (χ2n) is 6.71. The third-order valence-corrected chi connectivity index (χ3v) is 4.51. The molecule has 1 aromatic rings. The van der Waals surface area contributed by atoms with Crippen molar-refractivity contribution < 1.29 is 14.3 Å². The quantitative estimate of drug-likeness (QED) is 0.815. The Kier molecular flexibility index (Phi) is 6.05. The van der Waals surface area contributed by atoms with Gasteiger partial charge in [0.2, 0.25) is 0 Å². The number of amides is 1. The number of anilines is 1. The molecule has 0 atom stereocenters. The zero-order chi connectivity index (χ0) is 16.9. The van der Waals surface area contributed by atoms with Gasteiger partial charge in [0.15, 0.2) is 0 Å². The molecule has 4 heteroatoms. The molecule has 0 saturated heterocycles. The smallest absolute Gasteiger partial charge is 0.256 e. The molecule has 1 saturated carbocycles. The molecule has 4 nitrogen and oxygen atoms in total. The molecule has 0 radical (unpaired) electrons. The van der Waals surface area contributed by atoms with E-state index in [4.69, 9.17) is 9.47 Å². The van der Waals surface area contributed by atoms with Crippen LogP contribution in [0.1, 0.15) is 57.9 Å². The molecule has 0 aromatic heterocycles. The lowest BCUT2D eigenvalue weighted by Crippen LogP contribution is -2.44. The first-order chi connectivity index (χ1) is 11.0. The fourth-order valence-corrected chi connectivity index (χ4v) is 3.18. The van der Waals surface area contributed by atoms with E-state index in [0.29, 0.717) is 0 Å². The summed E-state index contributed by atoms with van der Waals surface area (Å²) in [6.45, 7) is 6.00. The van der Waals surface area contributed by atoms with Crippen molar-refractivity contribution in [2.75, 3.05) is 12.4 Å². The molecule has 1 fully saturated rings. The summed E-state index contributed by atoms with van der Waals surface area (Å²) in [4.78, 5) is 12.8. The predicted molar refractivity (Wildman–Crippen MR) is 93.0 cm³/mol. The zero-order valence-electron chi connectivity index (χ0n) is 14.8. The summed E-state index contributed by atoms with van der Waals surface area (Å²) in [5, 5.41) is 3.03. The van der Waals surface area contributed by atoms with Gasteiger partial charge in [0, 0.05) is 12.8 Å². The van der Waals surface area contributed by atoms with E-state index in [9.17, 15) is 4.79 Å². The fourth-order valence-electron chi connectivity index (χ4n) is 3.18. The molecule has 1 aliphatic rings. The summed E-state index contributed by atoms with van der Waals surface area (Å²) >= 11 is 0. The van der Waals surface area contributed by atoms with Gasteiger partial charge in [-0.1, -0.05) is 25.7 Å². The lowest BCUT2D eigenvalue weighted by Gasteiger charge is -2.30. The van der Waals surface area contributed by atoms with Crippen LogP contribution in [0.2, 0.25) is 0 Å². The maximum absolute atomic E-state index is 12.8. The maximum atomic E-state index is 12.8. The Bertz CT molecular complexity index is 531. The van der Waals surface area contributed by atoms with E-state index in [-0.39, 0.29) is 12.0 Å². The molecule has 0 unspecified atom stereocenters. The van der Waals surface area contributed by atoms with E-state index in [2.05, 4.69) is 5.32 Å². The molecule has 1 N–H and O–H groups in total. The molecule has 128 valence electrons. The highest BCUT2D eigenvalue weighted by atomic mass is 16.5. The number of hydrogen-bond acceptors (Lipinski definition) is 3. The third kappa shape index (κ3) is 4.47. The van der Waals surface area contributed by atoms with E-state index in [0.717, 1.165) is 42.7 Å². The van der Waals surface area contributed by atoms with Crippen molar-refractivity contribution in [2.24, 2.45) is 0 Å². The van der Waals surface area contributed by atoms with Crippen LogP contribution in [0.25, 0.3) is 0 Å². The van der Waals surface area contributed by atoms with Gasteiger partial charge >= 0.3 is 0 Å². The van der Waals surface area contributed by atoms with Crippen molar-refractivity contribution in [3.8, 4) is 5.75 Å².